The van der Waals surface area contributed by atoms with Gasteiger partial charge >= 0.3 is 6.18 Å². The molecule has 1 aromatic rings. The molecule has 1 aromatic carbocycles. The average molecular weight is 312 g/mol. The van der Waals surface area contributed by atoms with Crippen molar-refractivity contribution in [3.05, 3.63) is 18.2 Å². The lowest BCUT2D eigenvalue weighted by Gasteiger charge is -2.09. The summed E-state index contributed by atoms with van der Waals surface area (Å²) >= 11 is 0. The van der Waals surface area contributed by atoms with E-state index < -0.39 is 22.6 Å². The average Bonchev–Trinajstić information content (AvgIpc) is 2.30. The molecule has 1 rings (SSSR count). The minimum Gasteiger partial charge on any atom is -0.506 e. The van der Waals surface area contributed by atoms with Gasteiger partial charge in [-0.3, -0.25) is 0 Å². The molecule has 9 heteroatoms. The van der Waals surface area contributed by atoms with Gasteiger partial charge in [0, 0.05) is 13.0 Å². The number of sulfonamides is 1. The lowest BCUT2D eigenvalue weighted by Crippen LogP contribution is -2.25. The summed E-state index contributed by atoms with van der Waals surface area (Å²) in [6, 6.07) is 3.37. The van der Waals surface area contributed by atoms with E-state index in [9.17, 15) is 26.7 Å². The molecule has 0 aliphatic carbocycles. The number of hydrogen-bond donors (Lipinski definition) is 3. The molecular formula is C11H15F3N2O3S. The number of nitrogen functional groups attached to an aromatic ring is 1. The zero-order chi connectivity index (χ0) is 15.4. The molecule has 114 valence electrons. The monoisotopic (exact) mass is 312 g/mol. The Morgan fingerprint density at radius 3 is 2.45 bits per heavy atom. The summed E-state index contributed by atoms with van der Waals surface area (Å²) in [6.45, 7) is -0.0980. The second kappa shape index (κ2) is 6.31. The number of rotatable bonds is 6. The predicted octanol–water partition coefficient (Wildman–Crippen LogP) is 1.99. The standard InChI is InChI=1S/C11H15F3N2O3S/c12-11(13,14)5-1-2-6-16-20(18,19)8-3-4-10(17)9(15)7-8/h3-4,7,16-17H,1-2,5-6,15H2. The maximum absolute atomic E-state index is 11.9. The van der Waals surface area contributed by atoms with Crippen LogP contribution in [0.3, 0.4) is 0 Å². The number of phenols is 1. The summed E-state index contributed by atoms with van der Waals surface area (Å²) in [5, 5.41) is 9.18. The van der Waals surface area contributed by atoms with E-state index in [1.165, 1.54) is 0 Å². The van der Waals surface area contributed by atoms with Crippen LogP contribution in [0.2, 0.25) is 0 Å². The van der Waals surface area contributed by atoms with Gasteiger partial charge in [-0.25, -0.2) is 13.1 Å². The Labute approximate surface area is 114 Å². The second-order valence-corrected chi connectivity index (χ2v) is 5.96. The summed E-state index contributed by atoms with van der Waals surface area (Å²) in [5.74, 6) is -0.242. The molecule has 0 atom stereocenters. The van der Waals surface area contributed by atoms with Gasteiger partial charge in [-0.1, -0.05) is 0 Å². The van der Waals surface area contributed by atoms with Gasteiger partial charge in [0.25, 0.3) is 0 Å². The molecule has 4 N–H and O–H groups in total. The second-order valence-electron chi connectivity index (χ2n) is 4.19. The van der Waals surface area contributed by atoms with Gasteiger partial charge < -0.3 is 10.8 Å². The van der Waals surface area contributed by atoms with Gasteiger partial charge in [-0.05, 0) is 31.0 Å². The van der Waals surface area contributed by atoms with Crippen molar-refractivity contribution in [2.24, 2.45) is 0 Å². The molecule has 0 heterocycles. The highest BCUT2D eigenvalue weighted by atomic mass is 32.2. The van der Waals surface area contributed by atoms with Crippen LogP contribution < -0.4 is 10.5 Å². The maximum Gasteiger partial charge on any atom is 0.389 e. The van der Waals surface area contributed by atoms with Crippen LogP contribution >= 0.6 is 0 Å². The van der Waals surface area contributed by atoms with E-state index in [4.69, 9.17) is 5.73 Å². The van der Waals surface area contributed by atoms with Gasteiger partial charge in [0.1, 0.15) is 5.75 Å². The van der Waals surface area contributed by atoms with Gasteiger partial charge in [0.15, 0.2) is 0 Å². The van der Waals surface area contributed by atoms with Crippen molar-refractivity contribution < 1.29 is 26.7 Å². The number of phenolic OH excluding ortho intramolecular Hbond substituents is 1. The van der Waals surface area contributed by atoms with E-state index in [1.54, 1.807) is 0 Å². The third-order valence-electron chi connectivity index (χ3n) is 2.49. The number of hydrogen-bond acceptors (Lipinski definition) is 4. The number of halogens is 3. The Morgan fingerprint density at radius 2 is 1.90 bits per heavy atom. The Kier molecular flexibility index (Phi) is 5.23. The third kappa shape index (κ3) is 5.25. The minimum absolute atomic E-state index is 0.0757. The fraction of sp³-hybridized carbons (Fsp3) is 0.455. The normalized spacial score (nSPS) is 12.6. The third-order valence-corrected chi connectivity index (χ3v) is 3.95. The number of unbranched alkanes of at least 4 members (excludes halogenated alkanes) is 1. The van der Waals surface area contributed by atoms with Crippen LogP contribution in [0.25, 0.3) is 0 Å². The van der Waals surface area contributed by atoms with Crippen LogP contribution in [0.1, 0.15) is 19.3 Å². The number of nitrogens with two attached hydrogens (primary N) is 1. The Balaban J connectivity index is 2.52. The number of benzene rings is 1. The minimum atomic E-state index is -4.23. The van der Waals surface area contributed by atoms with Gasteiger partial charge in [0.05, 0.1) is 10.6 Å². The summed E-state index contributed by atoms with van der Waals surface area (Å²) < 4.78 is 61.4. The molecule has 0 radical (unpaired) electrons. The summed E-state index contributed by atoms with van der Waals surface area (Å²) in [5.41, 5.74) is 5.28. The largest absolute Gasteiger partial charge is 0.506 e. The van der Waals surface area contributed by atoms with Crippen LogP contribution in [0.15, 0.2) is 23.1 Å². The molecule has 0 amide bonds. The topological polar surface area (TPSA) is 92.4 Å². The van der Waals surface area contributed by atoms with E-state index in [-0.39, 0.29) is 35.7 Å². The molecule has 0 aromatic heterocycles. The van der Waals surface area contributed by atoms with Crippen molar-refractivity contribution in [3.8, 4) is 5.75 Å². The van der Waals surface area contributed by atoms with E-state index in [0.717, 1.165) is 18.2 Å². The zero-order valence-corrected chi connectivity index (χ0v) is 11.3. The highest BCUT2D eigenvalue weighted by molar-refractivity contribution is 7.89. The lowest BCUT2D eigenvalue weighted by molar-refractivity contribution is -0.135. The van der Waals surface area contributed by atoms with Gasteiger partial charge in [-0.15, -0.1) is 0 Å². The van der Waals surface area contributed by atoms with Crippen molar-refractivity contribution in [2.75, 3.05) is 12.3 Å². The summed E-state index contributed by atoms with van der Waals surface area (Å²) in [4.78, 5) is -0.149. The Morgan fingerprint density at radius 1 is 1.25 bits per heavy atom. The molecule has 5 nitrogen and oxygen atoms in total. The Bertz CT molecular complexity index is 559. The molecule has 0 aliphatic heterocycles. The van der Waals surface area contributed by atoms with Crippen molar-refractivity contribution in [2.45, 2.75) is 30.3 Å². The lowest BCUT2D eigenvalue weighted by atomic mass is 10.2. The predicted molar refractivity (Wildman–Crippen MR) is 67.6 cm³/mol. The fourth-order valence-corrected chi connectivity index (χ4v) is 2.55. The van der Waals surface area contributed by atoms with E-state index >= 15 is 0 Å². The van der Waals surface area contributed by atoms with Crippen LogP contribution in [-0.2, 0) is 10.0 Å². The van der Waals surface area contributed by atoms with Gasteiger partial charge in [-0.2, -0.15) is 13.2 Å². The SMILES string of the molecule is Nc1cc(S(=O)(=O)NCCCCC(F)(F)F)ccc1O. The first kappa shape index (κ1) is 16.6. The summed E-state index contributed by atoms with van der Waals surface area (Å²) in [6.07, 6.45) is -5.25. The number of alkyl halides is 3. The highest BCUT2D eigenvalue weighted by Crippen LogP contribution is 2.23. The van der Waals surface area contributed by atoms with Crippen LogP contribution in [0.4, 0.5) is 18.9 Å². The van der Waals surface area contributed by atoms with Crippen LogP contribution in [0, 0.1) is 0 Å². The van der Waals surface area contributed by atoms with E-state index in [2.05, 4.69) is 4.72 Å². The smallest absolute Gasteiger partial charge is 0.389 e. The Hall–Kier alpha value is -1.48. The fourth-order valence-electron chi connectivity index (χ4n) is 1.44. The molecule has 0 bridgehead atoms. The van der Waals surface area contributed by atoms with Crippen molar-refractivity contribution >= 4 is 15.7 Å². The summed E-state index contributed by atoms with van der Waals surface area (Å²) in [7, 11) is -3.84. The molecule has 0 spiro atoms. The molecule has 0 fully saturated rings. The molecule has 20 heavy (non-hydrogen) atoms. The quantitative estimate of drug-likeness (QED) is 0.425. The van der Waals surface area contributed by atoms with E-state index in [1.807, 2.05) is 0 Å². The van der Waals surface area contributed by atoms with E-state index in [0.29, 0.717) is 0 Å². The van der Waals surface area contributed by atoms with Crippen molar-refractivity contribution in [1.82, 2.24) is 4.72 Å². The molecule has 0 saturated heterocycles. The first-order valence-electron chi connectivity index (χ1n) is 5.77. The van der Waals surface area contributed by atoms with Crippen LogP contribution in [0.5, 0.6) is 5.75 Å². The zero-order valence-electron chi connectivity index (χ0n) is 10.4. The van der Waals surface area contributed by atoms with Crippen molar-refractivity contribution in [3.63, 3.8) is 0 Å². The highest BCUT2D eigenvalue weighted by Gasteiger charge is 2.26. The number of anilines is 1. The number of nitrogens with one attached hydrogen (secondary N) is 1. The van der Waals surface area contributed by atoms with Gasteiger partial charge in [0.2, 0.25) is 10.0 Å². The maximum atomic E-state index is 11.9. The van der Waals surface area contributed by atoms with Crippen LogP contribution in [-0.4, -0.2) is 26.2 Å². The first-order chi connectivity index (χ1) is 9.12. The molecule has 0 aliphatic rings. The molecule has 0 saturated carbocycles. The molecule has 0 unspecified atom stereocenters. The van der Waals surface area contributed by atoms with Crippen molar-refractivity contribution in [1.29, 1.82) is 0 Å². The first-order valence-corrected chi connectivity index (χ1v) is 7.25. The number of aromatic hydroxyl groups is 1. The molecular weight excluding hydrogens is 297 g/mol.